The normalized spacial score (nSPS) is 18.4. The van der Waals surface area contributed by atoms with Crippen molar-refractivity contribution in [2.75, 3.05) is 32.1 Å². The predicted molar refractivity (Wildman–Crippen MR) is 144 cm³/mol. The molecule has 2 heterocycles. The lowest BCUT2D eigenvalue weighted by molar-refractivity contribution is 0.0388. The van der Waals surface area contributed by atoms with Crippen LogP contribution < -0.4 is 10.1 Å². The molecule has 0 radical (unpaired) electrons. The van der Waals surface area contributed by atoms with E-state index >= 15 is 0 Å². The van der Waals surface area contributed by atoms with Gasteiger partial charge in [0, 0.05) is 31.9 Å². The summed E-state index contributed by atoms with van der Waals surface area (Å²) in [4.78, 5) is 35.8. The molecule has 2 aromatic carbocycles. The van der Waals surface area contributed by atoms with Gasteiger partial charge < -0.3 is 20.1 Å². The van der Waals surface area contributed by atoms with E-state index in [-0.39, 0.29) is 47.3 Å². The molecule has 0 saturated carbocycles. The van der Waals surface area contributed by atoms with Crippen LogP contribution in [0.2, 0.25) is 0 Å². The van der Waals surface area contributed by atoms with Gasteiger partial charge >= 0.3 is 0 Å². The lowest BCUT2D eigenvalue weighted by Crippen LogP contribution is -2.50. The van der Waals surface area contributed by atoms with Gasteiger partial charge in [0.05, 0.1) is 41.5 Å². The smallest absolute Gasteiger partial charge is 0.275 e. The summed E-state index contributed by atoms with van der Waals surface area (Å²) in [6, 6.07) is 8.64. The molecule has 40 heavy (non-hydrogen) atoms. The van der Waals surface area contributed by atoms with Crippen molar-refractivity contribution in [3.8, 4) is 5.75 Å². The van der Waals surface area contributed by atoms with Gasteiger partial charge in [0.1, 0.15) is 17.6 Å². The van der Waals surface area contributed by atoms with Crippen molar-refractivity contribution in [2.45, 2.75) is 30.9 Å². The molecule has 13 heteroatoms. The number of sulfonamides is 1. The average molecular weight is 572 g/mol. The second-order valence-electron chi connectivity index (χ2n) is 9.59. The lowest BCUT2D eigenvalue weighted by Gasteiger charge is -2.38. The summed E-state index contributed by atoms with van der Waals surface area (Å²) >= 11 is 0. The molecular formula is C27H30FN5O6S. The number of aliphatic hydroxyl groups is 1. The van der Waals surface area contributed by atoms with Crippen molar-refractivity contribution in [2.24, 2.45) is 5.92 Å². The van der Waals surface area contributed by atoms with Gasteiger partial charge in [-0.15, -0.1) is 0 Å². The van der Waals surface area contributed by atoms with Crippen molar-refractivity contribution >= 4 is 27.5 Å². The second-order valence-corrected chi connectivity index (χ2v) is 11.6. The highest BCUT2D eigenvalue weighted by atomic mass is 32.2. The number of benzene rings is 2. The third kappa shape index (κ3) is 6.11. The van der Waals surface area contributed by atoms with E-state index in [1.54, 1.807) is 32.0 Å². The third-order valence-electron chi connectivity index (χ3n) is 6.69. The molecule has 3 atom stereocenters. The predicted octanol–water partition coefficient (Wildman–Crippen LogP) is 2.41. The Hall–Kier alpha value is -3.94. The SMILES string of the molecule is C[C@@H]1CN([C@H](C)CO)C(=O)c2cccc(NC(=O)c3cnccn3)c2O[C@H]1CN(C)S(=O)(=O)c1ccc(F)cc1. The van der Waals surface area contributed by atoms with E-state index in [9.17, 15) is 27.5 Å². The van der Waals surface area contributed by atoms with Crippen LogP contribution in [0.5, 0.6) is 5.75 Å². The van der Waals surface area contributed by atoms with Gasteiger partial charge in [0.25, 0.3) is 11.8 Å². The number of halogens is 1. The molecule has 0 spiro atoms. The quantitative estimate of drug-likeness (QED) is 0.420. The maximum Gasteiger partial charge on any atom is 0.275 e. The first-order chi connectivity index (χ1) is 19.0. The zero-order valence-electron chi connectivity index (χ0n) is 22.2. The summed E-state index contributed by atoms with van der Waals surface area (Å²) in [5.41, 5.74) is 0.363. The molecule has 0 unspecified atom stereocenters. The number of likely N-dealkylation sites (N-methyl/N-ethyl adjacent to an activating group) is 1. The highest BCUT2D eigenvalue weighted by Gasteiger charge is 2.36. The minimum absolute atomic E-state index is 0.0443. The van der Waals surface area contributed by atoms with Gasteiger partial charge in [-0.1, -0.05) is 13.0 Å². The standard InChI is InChI=1S/C27H30FN5O6S/c1-17-14-33(18(2)16-34)27(36)21-5-4-6-22(31-26(35)23-13-29-11-12-30-23)25(21)39-24(17)15-32(3)40(37,38)20-9-7-19(28)8-10-20/h4-13,17-18,24,34H,14-16H2,1-3H3,(H,31,35)/t17-,18-,24+/m1/s1. The summed E-state index contributed by atoms with van der Waals surface area (Å²) < 4.78 is 47.3. The monoisotopic (exact) mass is 571 g/mol. The van der Waals surface area contributed by atoms with E-state index in [0.717, 1.165) is 16.4 Å². The molecule has 2 N–H and O–H groups in total. The number of rotatable bonds is 8. The summed E-state index contributed by atoms with van der Waals surface area (Å²) in [7, 11) is -2.62. The molecule has 3 aromatic rings. The Morgan fingerprint density at radius 2 is 1.98 bits per heavy atom. The maximum absolute atomic E-state index is 13.6. The maximum atomic E-state index is 13.6. The van der Waals surface area contributed by atoms with Crippen LogP contribution >= 0.6 is 0 Å². The molecule has 4 rings (SSSR count). The van der Waals surface area contributed by atoms with Gasteiger partial charge in [-0.3, -0.25) is 14.6 Å². The van der Waals surface area contributed by atoms with Crippen molar-refractivity contribution in [3.05, 3.63) is 78.1 Å². The van der Waals surface area contributed by atoms with Crippen molar-refractivity contribution in [1.29, 1.82) is 0 Å². The topological polar surface area (TPSA) is 142 Å². The van der Waals surface area contributed by atoms with Crippen LogP contribution in [0.1, 0.15) is 34.7 Å². The van der Waals surface area contributed by atoms with Crippen LogP contribution in [0.4, 0.5) is 10.1 Å². The fraction of sp³-hybridized carbons (Fsp3) is 0.333. The molecule has 0 saturated heterocycles. The number of nitrogens with zero attached hydrogens (tertiary/aromatic N) is 4. The Kier molecular flexibility index (Phi) is 8.76. The summed E-state index contributed by atoms with van der Waals surface area (Å²) in [6.07, 6.45) is 3.30. The number of hydrogen-bond donors (Lipinski definition) is 2. The van der Waals surface area contributed by atoms with Crippen molar-refractivity contribution < 1.29 is 32.2 Å². The van der Waals surface area contributed by atoms with E-state index < -0.39 is 45.7 Å². The Morgan fingerprint density at radius 1 is 1.25 bits per heavy atom. The molecule has 11 nitrogen and oxygen atoms in total. The number of aromatic nitrogens is 2. The number of fused-ring (bicyclic) bond motifs is 1. The number of aliphatic hydroxyl groups excluding tert-OH is 1. The first kappa shape index (κ1) is 29.1. The largest absolute Gasteiger partial charge is 0.486 e. The number of hydrogen-bond acceptors (Lipinski definition) is 8. The molecule has 0 fully saturated rings. The molecule has 0 aliphatic carbocycles. The van der Waals surface area contributed by atoms with Crippen LogP contribution in [0, 0.1) is 11.7 Å². The fourth-order valence-corrected chi connectivity index (χ4v) is 5.48. The number of anilines is 1. The lowest BCUT2D eigenvalue weighted by atomic mass is 9.99. The molecule has 1 aliphatic heterocycles. The third-order valence-corrected chi connectivity index (χ3v) is 8.53. The minimum Gasteiger partial charge on any atom is -0.486 e. The summed E-state index contributed by atoms with van der Waals surface area (Å²) in [5, 5.41) is 12.6. The van der Waals surface area contributed by atoms with Gasteiger partial charge in [0.2, 0.25) is 10.0 Å². The highest BCUT2D eigenvalue weighted by molar-refractivity contribution is 7.89. The Bertz CT molecular complexity index is 1470. The van der Waals surface area contributed by atoms with Crippen LogP contribution in [0.25, 0.3) is 0 Å². The zero-order chi connectivity index (χ0) is 29.0. The second kappa shape index (κ2) is 12.1. The van der Waals surface area contributed by atoms with Crippen LogP contribution in [0.15, 0.2) is 66.0 Å². The Labute approximate surface area is 231 Å². The first-order valence-electron chi connectivity index (χ1n) is 12.5. The van der Waals surface area contributed by atoms with Crippen molar-refractivity contribution in [3.63, 3.8) is 0 Å². The fourth-order valence-electron chi connectivity index (χ4n) is 4.30. The van der Waals surface area contributed by atoms with E-state index in [2.05, 4.69) is 15.3 Å². The number of ether oxygens (including phenoxy) is 1. The number of para-hydroxylation sites is 1. The van der Waals surface area contributed by atoms with Gasteiger partial charge in [-0.2, -0.15) is 4.31 Å². The van der Waals surface area contributed by atoms with E-state index in [4.69, 9.17) is 4.74 Å². The molecule has 1 aromatic heterocycles. The first-order valence-corrected chi connectivity index (χ1v) is 14.0. The van der Waals surface area contributed by atoms with Gasteiger partial charge in [-0.05, 0) is 43.3 Å². The van der Waals surface area contributed by atoms with Gasteiger partial charge in [0.15, 0.2) is 5.75 Å². The molecule has 212 valence electrons. The number of nitrogens with one attached hydrogen (secondary N) is 1. The van der Waals surface area contributed by atoms with E-state index in [0.29, 0.717) is 0 Å². The highest BCUT2D eigenvalue weighted by Crippen LogP contribution is 2.35. The van der Waals surface area contributed by atoms with Gasteiger partial charge in [-0.25, -0.2) is 17.8 Å². The van der Waals surface area contributed by atoms with Crippen LogP contribution in [-0.2, 0) is 10.0 Å². The van der Waals surface area contributed by atoms with Crippen LogP contribution in [0.3, 0.4) is 0 Å². The van der Waals surface area contributed by atoms with E-state index in [1.165, 1.54) is 42.7 Å². The number of amides is 2. The molecule has 1 aliphatic rings. The molecule has 2 amide bonds. The molecular weight excluding hydrogens is 541 g/mol. The Morgan fingerprint density at radius 3 is 2.62 bits per heavy atom. The number of carbonyl (C=O) groups excluding carboxylic acids is 2. The summed E-state index contributed by atoms with van der Waals surface area (Å²) in [6.45, 7) is 3.26. The summed E-state index contributed by atoms with van der Waals surface area (Å²) in [5.74, 6) is -1.90. The van der Waals surface area contributed by atoms with Crippen LogP contribution in [-0.4, -0.2) is 83.4 Å². The molecule has 0 bridgehead atoms. The van der Waals surface area contributed by atoms with Crippen molar-refractivity contribution in [1.82, 2.24) is 19.2 Å². The average Bonchev–Trinajstić information content (AvgIpc) is 2.95. The Balaban J connectivity index is 1.72. The number of carbonyl (C=O) groups is 2. The van der Waals surface area contributed by atoms with E-state index in [1.807, 2.05) is 0 Å². The minimum atomic E-state index is -4.01. The zero-order valence-corrected chi connectivity index (χ0v) is 23.0.